The normalized spacial score (nSPS) is 9.92. The molecule has 1 N–H and O–H groups in total. The number of carbonyl (C=O) groups is 1. The summed E-state index contributed by atoms with van der Waals surface area (Å²) in [6.45, 7) is 0. The van der Waals surface area contributed by atoms with Crippen LogP contribution in [0.5, 0.6) is 11.5 Å². The molecule has 8 heteroatoms. The third-order valence-electron chi connectivity index (χ3n) is 3.03. The second-order valence-electron chi connectivity index (χ2n) is 4.85. The fourth-order valence-electron chi connectivity index (χ4n) is 1.99. The first-order valence-corrected chi connectivity index (χ1v) is 7.05. The lowest BCUT2D eigenvalue weighted by Gasteiger charge is -2.09. The number of pyridine rings is 1. The summed E-state index contributed by atoms with van der Waals surface area (Å²) in [6, 6.07) is 8.52. The lowest BCUT2D eigenvalue weighted by molar-refractivity contribution is 0.102. The average molecular weight is 335 g/mol. The van der Waals surface area contributed by atoms with Crippen molar-refractivity contribution in [3.8, 4) is 17.6 Å². The lowest BCUT2D eigenvalue weighted by atomic mass is 10.1. The number of nitrogens with zero attached hydrogens (tertiary/aromatic N) is 4. The van der Waals surface area contributed by atoms with Gasteiger partial charge in [0, 0.05) is 17.8 Å². The molecule has 3 rings (SSSR count). The van der Waals surface area contributed by atoms with Gasteiger partial charge in [-0.25, -0.2) is 19.3 Å². The number of nitriles is 1. The van der Waals surface area contributed by atoms with E-state index in [0.717, 1.165) is 6.07 Å². The maximum absolute atomic E-state index is 13.2. The highest BCUT2D eigenvalue weighted by molar-refractivity contribution is 6.04. The Morgan fingerprint density at radius 2 is 1.96 bits per heavy atom. The minimum atomic E-state index is -0.552. The summed E-state index contributed by atoms with van der Waals surface area (Å²) >= 11 is 0. The second kappa shape index (κ2) is 7.14. The molecule has 0 aliphatic rings. The van der Waals surface area contributed by atoms with Crippen molar-refractivity contribution >= 4 is 11.7 Å². The van der Waals surface area contributed by atoms with Crippen LogP contribution in [0.4, 0.5) is 10.2 Å². The molecule has 0 spiro atoms. The number of rotatable bonds is 4. The monoisotopic (exact) mass is 335 g/mol. The average Bonchev–Trinajstić information content (AvgIpc) is 2.62. The standard InChI is InChI=1S/C17H10FN5O2/c18-13-1-2-22-16(6-13)23-17(24)12-3-11(7-19)4-14(5-12)25-15-8-20-10-21-9-15/h1-6,8-10H,(H,22,23,24). The molecule has 0 saturated carbocycles. The zero-order chi connectivity index (χ0) is 17.6. The predicted octanol–water partition coefficient (Wildman–Crippen LogP) is 2.93. The Labute approximate surface area is 141 Å². The molecule has 0 fully saturated rings. The van der Waals surface area contributed by atoms with Crippen molar-refractivity contribution in [2.24, 2.45) is 0 Å². The molecule has 0 radical (unpaired) electrons. The van der Waals surface area contributed by atoms with E-state index in [1.54, 1.807) is 0 Å². The first-order chi connectivity index (χ1) is 12.1. The first-order valence-electron chi connectivity index (χ1n) is 7.05. The van der Waals surface area contributed by atoms with Gasteiger partial charge in [-0.1, -0.05) is 0 Å². The molecule has 0 unspecified atom stereocenters. The van der Waals surface area contributed by atoms with E-state index in [1.165, 1.54) is 49.2 Å². The third kappa shape index (κ3) is 4.11. The Morgan fingerprint density at radius 1 is 1.16 bits per heavy atom. The number of amides is 1. The summed E-state index contributed by atoms with van der Waals surface area (Å²) < 4.78 is 18.7. The number of benzene rings is 1. The highest BCUT2D eigenvalue weighted by Gasteiger charge is 2.12. The van der Waals surface area contributed by atoms with Crippen LogP contribution >= 0.6 is 0 Å². The number of aromatic nitrogens is 3. The Balaban J connectivity index is 1.86. The zero-order valence-electron chi connectivity index (χ0n) is 12.7. The van der Waals surface area contributed by atoms with Crippen LogP contribution < -0.4 is 10.1 Å². The Morgan fingerprint density at radius 3 is 2.68 bits per heavy atom. The van der Waals surface area contributed by atoms with Gasteiger partial charge in [0.2, 0.25) is 0 Å². The summed E-state index contributed by atoms with van der Waals surface area (Å²) in [6.07, 6.45) is 5.48. The van der Waals surface area contributed by atoms with Gasteiger partial charge in [0.05, 0.1) is 24.0 Å². The summed E-state index contributed by atoms with van der Waals surface area (Å²) in [5, 5.41) is 11.6. The summed E-state index contributed by atoms with van der Waals surface area (Å²) in [5.74, 6) is -0.387. The molecule has 3 aromatic rings. The Hall–Kier alpha value is -3.86. The van der Waals surface area contributed by atoms with Gasteiger partial charge >= 0.3 is 0 Å². The summed E-state index contributed by atoms with van der Waals surface area (Å²) in [7, 11) is 0. The van der Waals surface area contributed by atoms with Gasteiger partial charge in [-0.15, -0.1) is 0 Å². The number of hydrogen-bond donors (Lipinski definition) is 1. The van der Waals surface area contributed by atoms with E-state index in [1.807, 2.05) is 6.07 Å². The number of ether oxygens (including phenoxy) is 1. The zero-order valence-corrected chi connectivity index (χ0v) is 12.7. The fraction of sp³-hybridized carbons (Fsp3) is 0. The molecule has 1 amide bonds. The van der Waals surface area contributed by atoms with Gasteiger partial charge in [-0.3, -0.25) is 4.79 Å². The Bertz CT molecular complexity index is 957. The van der Waals surface area contributed by atoms with E-state index in [4.69, 9.17) is 10.00 Å². The highest BCUT2D eigenvalue weighted by atomic mass is 19.1. The van der Waals surface area contributed by atoms with Crippen molar-refractivity contribution in [3.63, 3.8) is 0 Å². The largest absolute Gasteiger partial charge is 0.454 e. The van der Waals surface area contributed by atoms with Crippen LogP contribution in [0, 0.1) is 17.1 Å². The van der Waals surface area contributed by atoms with Crippen LogP contribution in [-0.4, -0.2) is 20.9 Å². The minimum absolute atomic E-state index is 0.0614. The van der Waals surface area contributed by atoms with Crippen molar-refractivity contribution in [2.45, 2.75) is 0 Å². The van der Waals surface area contributed by atoms with E-state index < -0.39 is 11.7 Å². The van der Waals surface area contributed by atoms with Gasteiger partial charge < -0.3 is 10.1 Å². The van der Waals surface area contributed by atoms with E-state index in [0.29, 0.717) is 5.75 Å². The van der Waals surface area contributed by atoms with Crippen LogP contribution in [0.1, 0.15) is 15.9 Å². The van der Waals surface area contributed by atoms with Crippen LogP contribution in [0.25, 0.3) is 0 Å². The molecular weight excluding hydrogens is 325 g/mol. The number of nitrogens with one attached hydrogen (secondary N) is 1. The molecule has 0 bridgehead atoms. The van der Waals surface area contributed by atoms with Gasteiger partial charge in [0.1, 0.15) is 23.7 Å². The van der Waals surface area contributed by atoms with Crippen LogP contribution in [0.3, 0.4) is 0 Å². The first kappa shape index (κ1) is 16.0. The molecular formula is C17H10FN5O2. The maximum Gasteiger partial charge on any atom is 0.256 e. The summed E-state index contributed by atoms with van der Waals surface area (Å²) in [4.78, 5) is 23.8. The molecule has 2 aromatic heterocycles. The van der Waals surface area contributed by atoms with Crippen molar-refractivity contribution in [3.05, 3.63) is 72.2 Å². The molecule has 7 nitrogen and oxygen atoms in total. The third-order valence-corrected chi connectivity index (χ3v) is 3.03. The lowest BCUT2D eigenvalue weighted by Crippen LogP contribution is -2.13. The van der Waals surface area contributed by atoms with Gasteiger partial charge in [0.15, 0.2) is 5.75 Å². The Kier molecular flexibility index (Phi) is 4.58. The van der Waals surface area contributed by atoms with Crippen LogP contribution in [0.15, 0.2) is 55.2 Å². The van der Waals surface area contributed by atoms with Gasteiger partial charge in [-0.05, 0) is 24.3 Å². The predicted molar refractivity (Wildman–Crippen MR) is 85.4 cm³/mol. The minimum Gasteiger partial charge on any atom is -0.454 e. The highest BCUT2D eigenvalue weighted by Crippen LogP contribution is 2.23. The van der Waals surface area contributed by atoms with E-state index in [2.05, 4.69) is 20.3 Å². The molecule has 0 saturated heterocycles. The number of hydrogen-bond acceptors (Lipinski definition) is 6. The van der Waals surface area contributed by atoms with Crippen molar-refractivity contribution in [2.75, 3.05) is 5.32 Å². The molecule has 2 heterocycles. The van der Waals surface area contributed by atoms with E-state index >= 15 is 0 Å². The number of halogens is 1. The topological polar surface area (TPSA) is 101 Å². The molecule has 1 aromatic carbocycles. The molecule has 0 aliphatic heterocycles. The van der Waals surface area contributed by atoms with Gasteiger partial charge in [-0.2, -0.15) is 5.26 Å². The molecule has 0 atom stereocenters. The molecule has 0 aliphatic carbocycles. The van der Waals surface area contributed by atoms with Crippen LogP contribution in [-0.2, 0) is 0 Å². The van der Waals surface area contributed by atoms with Crippen molar-refractivity contribution in [1.82, 2.24) is 15.0 Å². The molecule has 25 heavy (non-hydrogen) atoms. The smallest absolute Gasteiger partial charge is 0.256 e. The summed E-state index contributed by atoms with van der Waals surface area (Å²) in [5.41, 5.74) is 0.392. The quantitative estimate of drug-likeness (QED) is 0.786. The van der Waals surface area contributed by atoms with Crippen molar-refractivity contribution < 1.29 is 13.9 Å². The van der Waals surface area contributed by atoms with E-state index in [-0.39, 0.29) is 22.7 Å². The maximum atomic E-state index is 13.2. The van der Waals surface area contributed by atoms with Crippen molar-refractivity contribution in [1.29, 1.82) is 5.26 Å². The number of carbonyl (C=O) groups excluding carboxylic acids is 1. The fourth-order valence-corrected chi connectivity index (χ4v) is 1.99. The van der Waals surface area contributed by atoms with E-state index in [9.17, 15) is 9.18 Å². The molecule has 122 valence electrons. The van der Waals surface area contributed by atoms with Gasteiger partial charge in [0.25, 0.3) is 5.91 Å². The van der Waals surface area contributed by atoms with Crippen LogP contribution in [0.2, 0.25) is 0 Å². The second-order valence-corrected chi connectivity index (χ2v) is 4.85. The number of anilines is 1. The SMILES string of the molecule is N#Cc1cc(Oc2cncnc2)cc(C(=O)Nc2cc(F)ccn2)c1.